The van der Waals surface area contributed by atoms with Crippen molar-refractivity contribution in [3.63, 3.8) is 0 Å². The maximum absolute atomic E-state index is 12.1. The number of urea groups is 1. The molecule has 0 fully saturated rings. The minimum Gasteiger partial charge on any atom is -0.406 e. The molecule has 1 unspecified atom stereocenters. The molecular formula is C17H18F3N3O2. The highest BCUT2D eigenvalue weighted by Crippen LogP contribution is 2.24. The molecule has 0 heterocycles. The van der Waals surface area contributed by atoms with E-state index in [0.29, 0.717) is 11.4 Å². The van der Waals surface area contributed by atoms with Crippen molar-refractivity contribution in [3.8, 4) is 5.75 Å². The number of carbonyl (C=O) groups excluding carboxylic acids is 1. The number of benzene rings is 2. The number of alkyl halides is 3. The second kappa shape index (κ2) is 7.89. The number of carbonyl (C=O) groups is 1. The Hall–Kier alpha value is -2.74. The lowest BCUT2D eigenvalue weighted by atomic mass is 10.1. The first-order chi connectivity index (χ1) is 11.7. The second-order valence-corrected chi connectivity index (χ2v) is 5.53. The quantitative estimate of drug-likeness (QED) is 0.757. The molecule has 0 aliphatic rings. The van der Waals surface area contributed by atoms with Crippen LogP contribution in [0.15, 0.2) is 48.5 Å². The Kier molecular flexibility index (Phi) is 5.87. The van der Waals surface area contributed by atoms with Gasteiger partial charge in [0, 0.05) is 17.4 Å². The Morgan fingerprint density at radius 2 is 1.52 bits per heavy atom. The van der Waals surface area contributed by atoms with E-state index in [4.69, 9.17) is 5.73 Å². The summed E-state index contributed by atoms with van der Waals surface area (Å²) in [6, 6.07) is 11.6. The van der Waals surface area contributed by atoms with Gasteiger partial charge >= 0.3 is 12.4 Å². The van der Waals surface area contributed by atoms with Crippen molar-refractivity contribution in [1.29, 1.82) is 0 Å². The standard InChI is InChI=1S/C17H18F3N3O2/c1-11(21)10-12-2-4-13(5-3-12)22-16(24)23-14-6-8-15(9-7-14)25-17(18,19)20/h2-9,11H,10,21H2,1H3,(H2,22,23,24). The number of hydrogen-bond acceptors (Lipinski definition) is 3. The number of amides is 2. The van der Waals surface area contributed by atoms with Crippen LogP contribution < -0.4 is 21.1 Å². The Labute approximate surface area is 143 Å². The van der Waals surface area contributed by atoms with E-state index in [9.17, 15) is 18.0 Å². The molecule has 0 aliphatic carbocycles. The topological polar surface area (TPSA) is 76.4 Å². The smallest absolute Gasteiger partial charge is 0.406 e. The number of anilines is 2. The van der Waals surface area contributed by atoms with Gasteiger partial charge in [0.2, 0.25) is 0 Å². The number of nitrogens with two attached hydrogens (primary N) is 1. The first kappa shape index (κ1) is 18.6. The van der Waals surface area contributed by atoms with Gasteiger partial charge in [-0.15, -0.1) is 13.2 Å². The summed E-state index contributed by atoms with van der Waals surface area (Å²) in [7, 11) is 0. The van der Waals surface area contributed by atoms with Crippen molar-refractivity contribution in [3.05, 3.63) is 54.1 Å². The van der Waals surface area contributed by atoms with Gasteiger partial charge in [-0.1, -0.05) is 12.1 Å². The van der Waals surface area contributed by atoms with Crippen LogP contribution in [-0.4, -0.2) is 18.4 Å². The van der Waals surface area contributed by atoms with Crippen LogP contribution in [-0.2, 0) is 6.42 Å². The average molecular weight is 353 g/mol. The fourth-order valence-electron chi connectivity index (χ4n) is 2.13. The lowest BCUT2D eigenvalue weighted by molar-refractivity contribution is -0.274. The molecule has 8 heteroatoms. The molecule has 0 spiro atoms. The van der Waals surface area contributed by atoms with Crippen LogP contribution in [0.3, 0.4) is 0 Å². The van der Waals surface area contributed by atoms with Crippen LogP contribution in [0.25, 0.3) is 0 Å². The van der Waals surface area contributed by atoms with Gasteiger partial charge in [0.05, 0.1) is 0 Å². The predicted octanol–water partition coefficient (Wildman–Crippen LogP) is 4.12. The summed E-state index contributed by atoms with van der Waals surface area (Å²) in [5.74, 6) is -0.358. The highest BCUT2D eigenvalue weighted by molar-refractivity contribution is 5.99. The molecule has 1 atom stereocenters. The van der Waals surface area contributed by atoms with Gasteiger partial charge in [-0.3, -0.25) is 0 Å². The number of hydrogen-bond donors (Lipinski definition) is 3. The average Bonchev–Trinajstić information content (AvgIpc) is 2.49. The zero-order valence-electron chi connectivity index (χ0n) is 13.4. The first-order valence-electron chi connectivity index (χ1n) is 7.49. The summed E-state index contributed by atoms with van der Waals surface area (Å²) in [5.41, 5.74) is 7.70. The molecule has 25 heavy (non-hydrogen) atoms. The summed E-state index contributed by atoms with van der Waals surface area (Å²) in [4.78, 5) is 11.9. The molecule has 2 rings (SSSR count). The van der Waals surface area contributed by atoms with Crippen LogP contribution in [0.5, 0.6) is 5.75 Å². The van der Waals surface area contributed by atoms with E-state index in [1.807, 2.05) is 19.1 Å². The van der Waals surface area contributed by atoms with E-state index in [0.717, 1.165) is 24.1 Å². The van der Waals surface area contributed by atoms with Crippen LogP contribution in [0.1, 0.15) is 12.5 Å². The van der Waals surface area contributed by atoms with E-state index < -0.39 is 12.4 Å². The number of rotatable bonds is 5. The zero-order chi connectivity index (χ0) is 18.4. The molecule has 2 amide bonds. The van der Waals surface area contributed by atoms with Crippen LogP contribution in [0, 0.1) is 0 Å². The summed E-state index contributed by atoms with van der Waals surface area (Å²) < 4.78 is 40.0. The zero-order valence-corrected chi connectivity index (χ0v) is 13.4. The summed E-state index contributed by atoms with van der Waals surface area (Å²) >= 11 is 0. The maximum atomic E-state index is 12.1. The van der Waals surface area contributed by atoms with Crippen molar-refractivity contribution in [1.82, 2.24) is 0 Å². The van der Waals surface area contributed by atoms with Gasteiger partial charge < -0.3 is 21.1 Å². The fraction of sp³-hybridized carbons (Fsp3) is 0.235. The maximum Gasteiger partial charge on any atom is 0.573 e. The third-order valence-corrected chi connectivity index (χ3v) is 3.12. The highest BCUT2D eigenvalue weighted by atomic mass is 19.4. The molecule has 0 aromatic heterocycles. The van der Waals surface area contributed by atoms with Gasteiger partial charge in [0.25, 0.3) is 0 Å². The third kappa shape index (κ3) is 6.72. The van der Waals surface area contributed by atoms with E-state index in [2.05, 4.69) is 15.4 Å². The minimum atomic E-state index is -4.75. The summed E-state index contributed by atoms with van der Waals surface area (Å²) in [5, 5.41) is 5.15. The van der Waals surface area contributed by atoms with Crippen LogP contribution in [0.4, 0.5) is 29.3 Å². The van der Waals surface area contributed by atoms with E-state index in [-0.39, 0.29) is 11.8 Å². The summed E-state index contributed by atoms with van der Waals surface area (Å²) in [6.45, 7) is 1.91. The van der Waals surface area contributed by atoms with E-state index in [1.165, 1.54) is 12.1 Å². The monoisotopic (exact) mass is 353 g/mol. The highest BCUT2D eigenvalue weighted by Gasteiger charge is 2.30. The molecule has 0 saturated carbocycles. The third-order valence-electron chi connectivity index (χ3n) is 3.12. The van der Waals surface area contributed by atoms with Gasteiger partial charge in [0.1, 0.15) is 5.75 Å². The van der Waals surface area contributed by atoms with Gasteiger partial charge in [0.15, 0.2) is 0 Å². The first-order valence-corrected chi connectivity index (χ1v) is 7.49. The number of halogens is 3. The Balaban J connectivity index is 1.89. The van der Waals surface area contributed by atoms with Gasteiger partial charge in [-0.25, -0.2) is 4.79 Å². The lowest BCUT2D eigenvalue weighted by Crippen LogP contribution is -2.20. The lowest BCUT2D eigenvalue weighted by Gasteiger charge is -2.11. The van der Waals surface area contributed by atoms with Gasteiger partial charge in [-0.2, -0.15) is 0 Å². The van der Waals surface area contributed by atoms with Gasteiger partial charge in [-0.05, 0) is 55.3 Å². The van der Waals surface area contributed by atoms with Crippen LogP contribution >= 0.6 is 0 Å². The predicted molar refractivity (Wildman–Crippen MR) is 89.6 cm³/mol. The normalized spacial score (nSPS) is 12.4. The molecule has 0 saturated heterocycles. The molecule has 4 N–H and O–H groups in total. The number of ether oxygens (including phenoxy) is 1. The molecule has 0 aliphatic heterocycles. The minimum absolute atomic E-state index is 0.0476. The SMILES string of the molecule is CC(N)Cc1ccc(NC(=O)Nc2ccc(OC(F)(F)F)cc2)cc1. The molecule has 0 radical (unpaired) electrons. The van der Waals surface area contributed by atoms with Crippen molar-refractivity contribution in [2.24, 2.45) is 5.73 Å². The van der Waals surface area contributed by atoms with E-state index >= 15 is 0 Å². The van der Waals surface area contributed by atoms with Crippen molar-refractivity contribution in [2.45, 2.75) is 25.7 Å². The molecule has 0 bridgehead atoms. The van der Waals surface area contributed by atoms with Crippen molar-refractivity contribution < 1.29 is 22.7 Å². The van der Waals surface area contributed by atoms with Crippen LogP contribution in [0.2, 0.25) is 0 Å². The fourth-order valence-corrected chi connectivity index (χ4v) is 2.13. The Morgan fingerprint density at radius 1 is 1.04 bits per heavy atom. The second-order valence-electron chi connectivity index (χ2n) is 5.53. The Morgan fingerprint density at radius 3 is 1.96 bits per heavy atom. The largest absolute Gasteiger partial charge is 0.573 e. The molecule has 2 aromatic carbocycles. The van der Waals surface area contributed by atoms with Crippen molar-refractivity contribution >= 4 is 17.4 Å². The Bertz CT molecular complexity index is 699. The molecule has 5 nitrogen and oxygen atoms in total. The van der Waals surface area contributed by atoms with E-state index in [1.54, 1.807) is 12.1 Å². The summed E-state index contributed by atoms with van der Waals surface area (Å²) in [6.07, 6.45) is -4.01. The molecule has 134 valence electrons. The number of nitrogens with one attached hydrogen (secondary N) is 2. The van der Waals surface area contributed by atoms with Crippen molar-refractivity contribution in [2.75, 3.05) is 10.6 Å². The molecular weight excluding hydrogens is 335 g/mol. The molecule has 2 aromatic rings.